The maximum Gasteiger partial charge on any atom is 0.0915 e. The van der Waals surface area contributed by atoms with E-state index in [0.717, 1.165) is 16.8 Å². The molecule has 1 fully saturated rings. The van der Waals surface area contributed by atoms with Gasteiger partial charge in [0, 0.05) is 18.3 Å². The number of nitrogen functional groups attached to an aromatic ring is 1. The van der Waals surface area contributed by atoms with E-state index >= 15 is 0 Å². The number of hydrogen-bond acceptors (Lipinski definition) is 3. The van der Waals surface area contributed by atoms with Gasteiger partial charge in [0.05, 0.1) is 6.10 Å². The Labute approximate surface area is 116 Å². The summed E-state index contributed by atoms with van der Waals surface area (Å²) in [6, 6.07) is 6.39. The minimum atomic E-state index is -0.467. The van der Waals surface area contributed by atoms with E-state index in [2.05, 4.69) is 5.32 Å². The number of nitrogens with two attached hydrogens (primary N) is 1. The molecular weight excluding hydrogens is 236 g/mol. The maximum absolute atomic E-state index is 10.2. The van der Waals surface area contributed by atoms with E-state index in [1.807, 2.05) is 25.1 Å². The highest BCUT2D eigenvalue weighted by atomic mass is 16.3. The smallest absolute Gasteiger partial charge is 0.0915 e. The second kappa shape index (κ2) is 6.92. The summed E-state index contributed by atoms with van der Waals surface area (Å²) in [5.74, 6) is 0. The number of aliphatic hydroxyl groups is 1. The third kappa shape index (κ3) is 4.22. The largest absolute Gasteiger partial charge is 0.399 e. The lowest BCUT2D eigenvalue weighted by atomic mass is 10.0. The summed E-state index contributed by atoms with van der Waals surface area (Å²) in [4.78, 5) is 0. The van der Waals surface area contributed by atoms with Crippen molar-refractivity contribution in [3.63, 3.8) is 0 Å². The zero-order valence-electron chi connectivity index (χ0n) is 11.9. The van der Waals surface area contributed by atoms with Crippen LogP contribution in [0.4, 0.5) is 5.69 Å². The van der Waals surface area contributed by atoms with Gasteiger partial charge in [-0.25, -0.2) is 0 Å². The summed E-state index contributed by atoms with van der Waals surface area (Å²) in [7, 11) is 0. The highest BCUT2D eigenvalue weighted by Crippen LogP contribution is 2.20. The zero-order chi connectivity index (χ0) is 13.7. The Morgan fingerprint density at radius 3 is 2.58 bits per heavy atom. The van der Waals surface area contributed by atoms with Gasteiger partial charge in [-0.3, -0.25) is 0 Å². The highest BCUT2D eigenvalue weighted by Gasteiger charge is 2.14. The van der Waals surface area contributed by atoms with E-state index in [0.29, 0.717) is 12.6 Å². The predicted octanol–water partition coefficient (Wildman–Crippen LogP) is 2.92. The van der Waals surface area contributed by atoms with Crippen molar-refractivity contribution in [3.05, 3.63) is 29.3 Å². The standard InChI is InChI=1S/C16H26N2O/c1-12-8-9-13(10-15(12)17)16(19)11-18-14-6-4-2-3-5-7-14/h8-10,14,16,18-19H,2-7,11,17H2,1H3. The molecule has 0 bridgehead atoms. The second-order valence-corrected chi connectivity index (χ2v) is 5.73. The lowest BCUT2D eigenvalue weighted by Crippen LogP contribution is -2.32. The van der Waals surface area contributed by atoms with Crippen LogP contribution >= 0.6 is 0 Å². The molecule has 1 saturated carbocycles. The molecule has 0 saturated heterocycles. The number of aliphatic hydroxyl groups excluding tert-OH is 1. The predicted molar refractivity (Wildman–Crippen MR) is 80.0 cm³/mol. The summed E-state index contributed by atoms with van der Waals surface area (Å²) in [5, 5.41) is 13.7. The normalized spacial score (nSPS) is 19.1. The lowest BCUT2D eigenvalue weighted by molar-refractivity contribution is 0.168. The van der Waals surface area contributed by atoms with Crippen molar-refractivity contribution in [1.82, 2.24) is 5.32 Å². The Hall–Kier alpha value is -1.06. The van der Waals surface area contributed by atoms with Crippen LogP contribution in [0.3, 0.4) is 0 Å². The van der Waals surface area contributed by atoms with E-state index in [1.54, 1.807) is 0 Å². The molecule has 0 heterocycles. The fourth-order valence-electron chi connectivity index (χ4n) is 2.75. The first-order chi connectivity index (χ1) is 9.16. The van der Waals surface area contributed by atoms with Crippen LogP contribution < -0.4 is 11.1 Å². The molecule has 0 aliphatic heterocycles. The van der Waals surface area contributed by atoms with Crippen LogP contribution in [0.15, 0.2) is 18.2 Å². The van der Waals surface area contributed by atoms with E-state index in [9.17, 15) is 5.11 Å². The van der Waals surface area contributed by atoms with Crippen LogP contribution in [0.25, 0.3) is 0 Å². The van der Waals surface area contributed by atoms with E-state index in [4.69, 9.17) is 5.73 Å². The first-order valence-corrected chi connectivity index (χ1v) is 7.44. The molecule has 0 spiro atoms. The van der Waals surface area contributed by atoms with Crippen molar-refractivity contribution in [2.75, 3.05) is 12.3 Å². The molecule has 1 unspecified atom stereocenters. The molecule has 0 aromatic heterocycles. The number of anilines is 1. The van der Waals surface area contributed by atoms with Gasteiger partial charge in [-0.15, -0.1) is 0 Å². The number of hydrogen-bond donors (Lipinski definition) is 3. The summed E-state index contributed by atoms with van der Waals surface area (Å²) in [6.07, 6.45) is 7.35. The third-order valence-corrected chi connectivity index (χ3v) is 4.14. The molecule has 106 valence electrons. The Balaban J connectivity index is 1.85. The first kappa shape index (κ1) is 14.4. The molecule has 4 N–H and O–H groups in total. The molecule has 1 aliphatic rings. The minimum Gasteiger partial charge on any atom is -0.399 e. The minimum absolute atomic E-state index is 0.467. The molecule has 1 aromatic carbocycles. The summed E-state index contributed by atoms with van der Waals surface area (Å²) in [5.41, 5.74) is 8.61. The van der Waals surface area contributed by atoms with Crippen molar-refractivity contribution in [2.24, 2.45) is 0 Å². The second-order valence-electron chi connectivity index (χ2n) is 5.73. The molecule has 3 nitrogen and oxygen atoms in total. The topological polar surface area (TPSA) is 58.3 Å². The monoisotopic (exact) mass is 262 g/mol. The average molecular weight is 262 g/mol. The number of benzene rings is 1. The lowest BCUT2D eigenvalue weighted by Gasteiger charge is -2.19. The summed E-state index contributed by atoms with van der Waals surface area (Å²) < 4.78 is 0. The number of aryl methyl sites for hydroxylation is 1. The first-order valence-electron chi connectivity index (χ1n) is 7.44. The van der Waals surface area contributed by atoms with Gasteiger partial charge < -0.3 is 16.2 Å². The molecule has 1 atom stereocenters. The number of nitrogens with one attached hydrogen (secondary N) is 1. The van der Waals surface area contributed by atoms with Gasteiger partial charge in [-0.2, -0.15) is 0 Å². The SMILES string of the molecule is Cc1ccc(C(O)CNC2CCCCCC2)cc1N. The van der Waals surface area contributed by atoms with Crippen LogP contribution in [0, 0.1) is 6.92 Å². The fraction of sp³-hybridized carbons (Fsp3) is 0.625. The molecule has 1 aliphatic carbocycles. The average Bonchev–Trinajstić information content (AvgIpc) is 2.67. The van der Waals surface area contributed by atoms with Gasteiger partial charge in [0.2, 0.25) is 0 Å². The third-order valence-electron chi connectivity index (χ3n) is 4.14. The van der Waals surface area contributed by atoms with Crippen molar-refractivity contribution < 1.29 is 5.11 Å². The highest BCUT2D eigenvalue weighted by molar-refractivity contribution is 5.48. The van der Waals surface area contributed by atoms with Crippen LogP contribution in [0.1, 0.15) is 55.8 Å². The fourth-order valence-corrected chi connectivity index (χ4v) is 2.75. The molecule has 0 amide bonds. The Morgan fingerprint density at radius 1 is 1.26 bits per heavy atom. The quantitative estimate of drug-likeness (QED) is 0.577. The van der Waals surface area contributed by atoms with Crippen molar-refractivity contribution in [1.29, 1.82) is 0 Å². The van der Waals surface area contributed by atoms with Crippen molar-refractivity contribution >= 4 is 5.69 Å². The van der Waals surface area contributed by atoms with Gasteiger partial charge >= 0.3 is 0 Å². The van der Waals surface area contributed by atoms with Crippen LogP contribution in [0.2, 0.25) is 0 Å². The van der Waals surface area contributed by atoms with E-state index in [-0.39, 0.29) is 0 Å². The Morgan fingerprint density at radius 2 is 1.95 bits per heavy atom. The Kier molecular flexibility index (Phi) is 5.23. The molecular formula is C16H26N2O. The molecule has 1 aromatic rings. The van der Waals surface area contributed by atoms with Crippen LogP contribution in [-0.2, 0) is 0 Å². The van der Waals surface area contributed by atoms with Crippen molar-refractivity contribution in [3.8, 4) is 0 Å². The number of rotatable bonds is 4. The van der Waals surface area contributed by atoms with Gasteiger partial charge in [0.1, 0.15) is 0 Å². The van der Waals surface area contributed by atoms with Gasteiger partial charge in [0.25, 0.3) is 0 Å². The van der Waals surface area contributed by atoms with Crippen molar-refractivity contribution in [2.45, 2.75) is 57.6 Å². The van der Waals surface area contributed by atoms with Crippen LogP contribution in [0.5, 0.6) is 0 Å². The van der Waals surface area contributed by atoms with E-state index < -0.39 is 6.10 Å². The summed E-state index contributed by atoms with van der Waals surface area (Å²) in [6.45, 7) is 2.60. The molecule has 19 heavy (non-hydrogen) atoms. The van der Waals surface area contributed by atoms with Gasteiger partial charge in [0.15, 0.2) is 0 Å². The molecule has 0 radical (unpaired) electrons. The van der Waals surface area contributed by atoms with Gasteiger partial charge in [-0.05, 0) is 37.0 Å². The zero-order valence-corrected chi connectivity index (χ0v) is 11.9. The van der Waals surface area contributed by atoms with Crippen LogP contribution in [-0.4, -0.2) is 17.7 Å². The Bertz CT molecular complexity index is 398. The molecule has 2 rings (SSSR count). The van der Waals surface area contributed by atoms with E-state index in [1.165, 1.54) is 38.5 Å². The summed E-state index contributed by atoms with van der Waals surface area (Å²) >= 11 is 0. The maximum atomic E-state index is 10.2. The van der Waals surface area contributed by atoms with Gasteiger partial charge in [-0.1, -0.05) is 37.8 Å². The molecule has 3 heteroatoms.